The molecule has 116 valence electrons. The van der Waals surface area contributed by atoms with Gasteiger partial charge in [0.1, 0.15) is 5.75 Å². The Balaban J connectivity index is 2.69. The monoisotopic (exact) mass is 329 g/mol. The molecular formula is C15H20ClNO3S. The lowest BCUT2D eigenvalue weighted by atomic mass is 10.0. The molecule has 1 atom stereocenters. The van der Waals surface area contributed by atoms with Crippen LogP contribution in [0.15, 0.2) is 36.4 Å². The van der Waals surface area contributed by atoms with Crippen molar-refractivity contribution in [1.82, 2.24) is 5.32 Å². The van der Waals surface area contributed by atoms with Crippen molar-refractivity contribution in [3.05, 3.63) is 47.0 Å². The van der Waals surface area contributed by atoms with Crippen LogP contribution in [0.5, 0.6) is 0 Å². The van der Waals surface area contributed by atoms with Crippen molar-refractivity contribution in [2.45, 2.75) is 26.3 Å². The standard InChI is InChI=1S/C15H20ClNO3S/c1-3-5-10-21(19,20)11-15(18)17-14(4-2)12-6-8-13(16)9-7-12/h3,5-9,14H,4,10-11H2,1-2H3,(H,17,18)/b5-3+. The van der Waals surface area contributed by atoms with Gasteiger partial charge in [0.2, 0.25) is 5.91 Å². The number of benzene rings is 1. The zero-order chi connectivity index (χ0) is 15.9. The van der Waals surface area contributed by atoms with Gasteiger partial charge in [-0.2, -0.15) is 0 Å². The minimum Gasteiger partial charge on any atom is -0.348 e. The molecule has 21 heavy (non-hydrogen) atoms. The molecule has 0 saturated carbocycles. The van der Waals surface area contributed by atoms with Gasteiger partial charge in [0.15, 0.2) is 9.84 Å². The molecule has 0 radical (unpaired) electrons. The molecule has 0 saturated heterocycles. The summed E-state index contributed by atoms with van der Waals surface area (Å²) < 4.78 is 23.4. The van der Waals surface area contributed by atoms with Gasteiger partial charge in [-0.25, -0.2) is 8.42 Å². The predicted molar refractivity (Wildman–Crippen MR) is 86.1 cm³/mol. The molecule has 0 aromatic heterocycles. The largest absolute Gasteiger partial charge is 0.348 e. The summed E-state index contributed by atoms with van der Waals surface area (Å²) in [4.78, 5) is 11.9. The summed E-state index contributed by atoms with van der Waals surface area (Å²) in [6.07, 6.45) is 3.85. The summed E-state index contributed by atoms with van der Waals surface area (Å²) in [6.45, 7) is 3.66. The van der Waals surface area contributed by atoms with Gasteiger partial charge in [-0.05, 0) is 31.0 Å². The number of hydrogen-bond donors (Lipinski definition) is 1. The summed E-state index contributed by atoms with van der Waals surface area (Å²) in [6, 6.07) is 6.92. The number of amides is 1. The molecule has 1 rings (SSSR count). The fourth-order valence-electron chi connectivity index (χ4n) is 1.85. The molecule has 0 fully saturated rings. The van der Waals surface area contributed by atoms with Crippen LogP contribution in [0, 0.1) is 0 Å². The molecule has 1 N–H and O–H groups in total. The molecule has 1 unspecified atom stereocenters. The smallest absolute Gasteiger partial charge is 0.235 e. The molecule has 0 bridgehead atoms. The number of sulfone groups is 1. The maximum atomic E-state index is 11.9. The Labute approximate surface area is 131 Å². The van der Waals surface area contributed by atoms with Gasteiger partial charge in [-0.15, -0.1) is 0 Å². The minimum absolute atomic E-state index is 0.116. The average Bonchev–Trinajstić information content (AvgIpc) is 2.43. The Bertz CT molecular complexity index is 594. The van der Waals surface area contributed by atoms with Crippen molar-refractivity contribution < 1.29 is 13.2 Å². The lowest BCUT2D eigenvalue weighted by Crippen LogP contribution is -2.34. The van der Waals surface area contributed by atoms with Crippen LogP contribution >= 0.6 is 11.6 Å². The third kappa shape index (κ3) is 6.31. The highest BCUT2D eigenvalue weighted by atomic mass is 35.5. The van der Waals surface area contributed by atoms with Crippen LogP contribution in [0.3, 0.4) is 0 Å². The van der Waals surface area contributed by atoms with Crippen LogP contribution in [0.2, 0.25) is 5.02 Å². The van der Waals surface area contributed by atoms with E-state index in [2.05, 4.69) is 5.32 Å². The second-order valence-electron chi connectivity index (χ2n) is 4.70. The third-order valence-electron chi connectivity index (χ3n) is 2.95. The number of allylic oxidation sites excluding steroid dienone is 1. The Morgan fingerprint density at radius 2 is 1.95 bits per heavy atom. The van der Waals surface area contributed by atoms with E-state index in [1.807, 2.05) is 19.1 Å². The molecule has 1 amide bonds. The Hall–Kier alpha value is -1.33. The minimum atomic E-state index is -3.41. The molecule has 0 aliphatic heterocycles. The highest BCUT2D eigenvalue weighted by Gasteiger charge is 2.18. The number of carbonyl (C=O) groups excluding carboxylic acids is 1. The van der Waals surface area contributed by atoms with Gasteiger partial charge < -0.3 is 5.32 Å². The summed E-state index contributed by atoms with van der Waals surface area (Å²) in [5.74, 6) is -1.10. The zero-order valence-corrected chi connectivity index (χ0v) is 13.7. The van der Waals surface area contributed by atoms with Gasteiger partial charge in [0.25, 0.3) is 0 Å². The first kappa shape index (κ1) is 17.7. The second-order valence-corrected chi connectivity index (χ2v) is 7.25. The van der Waals surface area contributed by atoms with Crippen LogP contribution in [0.4, 0.5) is 0 Å². The van der Waals surface area contributed by atoms with E-state index >= 15 is 0 Å². The van der Waals surface area contributed by atoms with Gasteiger partial charge >= 0.3 is 0 Å². The van der Waals surface area contributed by atoms with Crippen LogP contribution in [0.1, 0.15) is 31.9 Å². The predicted octanol–water partition coefficient (Wildman–Crippen LogP) is 2.90. The number of hydrogen-bond acceptors (Lipinski definition) is 3. The first-order valence-corrected chi connectivity index (χ1v) is 8.94. The van der Waals surface area contributed by atoms with E-state index in [9.17, 15) is 13.2 Å². The van der Waals surface area contributed by atoms with Crippen molar-refractivity contribution in [1.29, 1.82) is 0 Å². The Morgan fingerprint density at radius 3 is 2.48 bits per heavy atom. The maximum absolute atomic E-state index is 11.9. The van der Waals surface area contributed by atoms with E-state index in [1.54, 1.807) is 25.1 Å². The number of carbonyl (C=O) groups is 1. The fraction of sp³-hybridized carbons (Fsp3) is 0.400. The molecule has 6 heteroatoms. The topological polar surface area (TPSA) is 63.2 Å². The highest BCUT2D eigenvalue weighted by Crippen LogP contribution is 2.19. The van der Waals surface area contributed by atoms with Crippen molar-refractivity contribution in [3.8, 4) is 0 Å². The summed E-state index contributed by atoms with van der Waals surface area (Å²) in [7, 11) is -3.41. The van der Waals surface area contributed by atoms with Crippen LogP contribution in [-0.2, 0) is 14.6 Å². The normalized spacial score (nSPS) is 13.3. The molecule has 0 heterocycles. The van der Waals surface area contributed by atoms with Gasteiger partial charge in [0.05, 0.1) is 11.8 Å². The average molecular weight is 330 g/mol. The fourth-order valence-corrected chi connectivity index (χ4v) is 3.07. The first-order valence-electron chi connectivity index (χ1n) is 6.74. The Kier molecular flexibility index (Phi) is 6.92. The SMILES string of the molecule is C/C=C/CS(=O)(=O)CC(=O)NC(CC)c1ccc(Cl)cc1. The third-order valence-corrected chi connectivity index (χ3v) is 4.61. The molecule has 1 aromatic rings. The first-order chi connectivity index (χ1) is 9.88. The molecular weight excluding hydrogens is 310 g/mol. The molecule has 0 aliphatic rings. The Morgan fingerprint density at radius 1 is 1.33 bits per heavy atom. The highest BCUT2D eigenvalue weighted by molar-refractivity contribution is 7.92. The van der Waals surface area contributed by atoms with Crippen molar-refractivity contribution in [3.63, 3.8) is 0 Å². The van der Waals surface area contributed by atoms with Crippen molar-refractivity contribution in [2.24, 2.45) is 0 Å². The van der Waals surface area contributed by atoms with Crippen LogP contribution in [0.25, 0.3) is 0 Å². The molecule has 4 nitrogen and oxygen atoms in total. The van der Waals surface area contributed by atoms with Crippen LogP contribution in [-0.4, -0.2) is 25.8 Å². The zero-order valence-electron chi connectivity index (χ0n) is 12.2. The van der Waals surface area contributed by atoms with E-state index < -0.39 is 21.5 Å². The lowest BCUT2D eigenvalue weighted by Gasteiger charge is -2.17. The summed E-state index contributed by atoms with van der Waals surface area (Å²) in [5.41, 5.74) is 0.904. The van der Waals surface area contributed by atoms with Crippen LogP contribution < -0.4 is 5.32 Å². The van der Waals surface area contributed by atoms with E-state index in [-0.39, 0.29) is 11.8 Å². The van der Waals surface area contributed by atoms with E-state index in [1.165, 1.54) is 6.08 Å². The van der Waals surface area contributed by atoms with Crippen molar-refractivity contribution in [2.75, 3.05) is 11.5 Å². The number of halogens is 1. The van der Waals surface area contributed by atoms with Gasteiger partial charge in [-0.3, -0.25) is 4.79 Å². The summed E-state index contributed by atoms with van der Waals surface area (Å²) >= 11 is 5.83. The second kappa shape index (κ2) is 8.20. The van der Waals surface area contributed by atoms with Gasteiger partial charge in [-0.1, -0.05) is 42.8 Å². The molecule has 1 aromatic carbocycles. The molecule has 0 aliphatic carbocycles. The van der Waals surface area contributed by atoms with E-state index in [0.29, 0.717) is 11.4 Å². The molecule has 0 spiro atoms. The maximum Gasteiger partial charge on any atom is 0.235 e. The summed E-state index contributed by atoms with van der Waals surface area (Å²) in [5, 5.41) is 3.37. The number of rotatable bonds is 7. The quantitative estimate of drug-likeness (QED) is 0.782. The lowest BCUT2D eigenvalue weighted by molar-refractivity contribution is -0.119. The van der Waals surface area contributed by atoms with E-state index in [0.717, 1.165) is 5.56 Å². The number of nitrogens with one attached hydrogen (secondary N) is 1. The van der Waals surface area contributed by atoms with Gasteiger partial charge in [0, 0.05) is 5.02 Å². The van der Waals surface area contributed by atoms with E-state index in [4.69, 9.17) is 11.6 Å². The van der Waals surface area contributed by atoms with Crippen molar-refractivity contribution >= 4 is 27.3 Å².